The Morgan fingerprint density at radius 1 is 0.880 bits per heavy atom. The molecule has 8 heterocycles. The molecule has 5 amide bonds. The van der Waals surface area contributed by atoms with E-state index in [9.17, 15) is 38.0 Å². The van der Waals surface area contributed by atoms with Crippen LogP contribution in [0.3, 0.4) is 0 Å². The molecular formula is C54H60F2N12O7. The predicted molar refractivity (Wildman–Crippen MR) is 272 cm³/mol. The van der Waals surface area contributed by atoms with Crippen molar-refractivity contribution in [1.29, 1.82) is 5.26 Å². The molecule has 10 rings (SSSR count). The fourth-order valence-corrected chi connectivity index (χ4v) is 10.9. The van der Waals surface area contributed by atoms with Crippen LogP contribution in [-0.2, 0) is 25.7 Å². The van der Waals surface area contributed by atoms with E-state index >= 15 is 0 Å². The molecule has 1 unspecified atom stereocenters. The number of imide groups is 1. The zero-order valence-electron chi connectivity index (χ0n) is 41.9. The van der Waals surface area contributed by atoms with Crippen molar-refractivity contribution >= 4 is 46.6 Å². The minimum absolute atomic E-state index is 0.125. The van der Waals surface area contributed by atoms with Gasteiger partial charge in [-0.15, -0.1) is 0 Å². The molecule has 0 bridgehead atoms. The third-order valence-corrected chi connectivity index (χ3v) is 15.2. The van der Waals surface area contributed by atoms with Crippen LogP contribution in [0.2, 0.25) is 0 Å². The largest absolute Gasteiger partial charge is 0.492 e. The molecule has 392 valence electrons. The molecule has 21 heteroatoms. The van der Waals surface area contributed by atoms with Gasteiger partial charge in [0.25, 0.3) is 11.8 Å². The number of benzene rings is 2. The summed E-state index contributed by atoms with van der Waals surface area (Å²) in [5, 5.41) is 19.5. The van der Waals surface area contributed by atoms with Crippen molar-refractivity contribution < 1.29 is 42.2 Å². The number of halogens is 2. The van der Waals surface area contributed by atoms with E-state index in [0.29, 0.717) is 120 Å². The summed E-state index contributed by atoms with van der Waals surface area (Å²) in [5.74, 6) is -1.72. The van der Waals surface area contributed by atoms with Gasteiger partial charge in [-0.2, -0.15) is 10.4 Å². The second kappa shape index (κ2) is 22.1. The van der Waals surface area contributed by atoms with Crippen LogP contribution in [0.15, 0.2) is 73.2 Å². The Balaban J connectivity index is 0.679. The third kappa shape index (κ3) is 11.1. The maximum atomic E-state index is 14.8. The molecule has 4 fully saturated rings. The lowest BCUT2D eigenvalue weighted by atomic mass is 9.87. The Kier molecular flexibility index (Phi) is 15.0. The number of carbonyl (C=O) groups excluding carboxylic acids is 5. The number of rotatable bonds is 16. The van der Waals surface area contributed by atoms with Crippen LogP contribution < -0.4 is 25.2 Å². The van der Waals surface area contributed by atoms with E-state index in [0.717, 1.165) is 72.6 Å². The molecule has 75 heavy (non-hydrogen) atoms. The summed E-state index contributed by atoms with van der Waals surface area (Å²) < 4.78 is 42.8. The first-order chi connectivity index (χ1) is 36.4. The zero-order chi connectivity index (χ0) is 52.2. The van der Waals surface area contributed by atoms with Crippen LogP contribution in [0, 0.1) is 23.0 Å². The highest BCUT2D eigenvalue weighted by atomic mass is 19.1. The first-order valence-electron chi connectivity index (χ1n) is 25.7. The van der Waals surface area contributed by atoms with Gasteiger partial charge in [0.2, 0.25) is 17.7 Å². The van der Waals surface area contributed by atoms with Crippen LogP contribution in [0.25, 0.3) is 16.6 Å². The summed E-state index contributed by atoms with van der Waals surface area (Å²) in [7, 11) is 0. The molecule has 2 aromatic carbocycles. The van der Waals surface area contributed by atoms with Gasteiger partial charge < -0.3 is 34.4 Å². The molecule has 1 atom stereocenters. The van der Waals surface area contributed by atoms with Crippen molar-refractivity contribution in [3.63, 3.8) is 0 Å². The number of piperidine rings is 2. The number of nitrogens with one attached hydrogen (secondary N) is 2. The second-order valence-electron chi connectivity index (χ2n) is 19.8. The lowest BCUT2D eigenvalue weighted by Crippen LogP contribution is -2.58. The number of amides is 5. The van der Waals surface area contributed by atoms with Crippen molar-refractivity contribution in [3.8, 4) is 22.9 Å². The fourth-order valence-electron chi connectivity index (χ4n) is 10.9. The smallest absolute Gasteiger partial charge is 0.255 e. The highest BCUT2D eigenvalue weighted by Gasteiger charge is 2.40. The number of hydrogen-bond donors (Lipinski definition) is 2. The van der Waals surface area contributed by atoms with Gasteiger partial charge in [0.1, 0.15) is 35.3 Å². The van der Waals surface area contributed by atoms with Crippen LogP contribution >= 0.6 is 0 Å². The molecule has 19 nitrogen and oxygen atoms in total. The highest BCUT2D eigenvalue weighted by molar-refractivity contribution is 6.05. The van der Waals surface area contributed by atoms with Gasteiger partial charge in [0, 0.05) is 126 Å². The van der Waals surface area contributed by atoms with Crippen molar-refractivity contribution in [1.82, 2.24) is 44.8 Å². The average Bonchev–Trinajstić information content (AvgIpc) is 4.00. The van der Waals surface area contributed by atoms with Crippen molar-refractivity contribution in [2.45, 2.75) is 57.2 Å². The fraction of sp³-hybridized carbons (Fsp3) is 0.444. The molecular weight excluding hydrogens is 967 g/mol. The minimum Gasteiger partial charge on any atom is -0.492 e. The standard InChI is InChI=1S/C54H60F2N12O7/c1-2-75-41-29-43(50-38(30-57)32-59-68(50)34-41)36-3-9-47(58-31-36)65-15-12-54(13-16-65,61-51(71)44-28-39(55)4-7-45(44)56)35-74-26-25-63-19-23-66(24-20-63)49(70)11-14-62-17-21-64(22-18-62)40-5-6-42-37(27-40)33-67(53(42)73)46-8-10-48(69)60-52(46)72/h3-7,9,27-29,31-32,34,46H,2,8,10-26,33,35H2,1H3,(H,61,71)(H,60,69,72). The van der Waals surface area contributed by atoms with Crippen molar-refractivity contribution in [2.75, 3.05) is 108 Å². The van der Waals surface area contributed by atoms with Crippen LogP contribution in [0.5, 0.6) is 5.75 Å². The number of piperazine rings is 2. The number of hydrogen-bond acceptors (Lipinski definition) is 14. The Hall–Kier alpha value is -7.54. The summed E-state index contributed by atoms with van der Waals surface area (Å²) in [4.78, 5) is 81.5. The first-order valence-corrected chi connectivity index (χ1v) is 25.7. The molecule has 3 aromatic heterocycles. The van der Waals surface area contributed by atoms with E-state index < -0.39 is 35.0 Å². The molecule has 0 spiro atoms. The Morgan fingerprint density at radius 2 is 1.65 bits per heavy atom. The summed E-state index contributed by atoms with van der Waals surface area (Å²) in [6, 6.07) is 15.9. The van der Waals surface area contributed by atoms with Gasteiger partial charge in [-0.3, -0.25) is 39.1 Å². The van der Waals surface area contributed by atoms with Crippen molar-refractivity contribution in [3.05, 3.63) is 107 Å². The number of pyridine rings is 2. The van der Waals surface area contributed by atoms with E-state index in [-0.39, 0.29) is 36.3 Å². The molecule has 2 N–H and O–H groups in total. The minimum atomic E-state index is -0.877. The molecule has 5 aliphatic heterocycles. The quantitative estimate of drug-likeness (QED) is 0.107. The van der Waals surface area contributed by atoms with E-state index in [2.05, 4.69) is 41.4 Å². The van der Waals surface area contributed by atoms with E-state index in [1.807, 2.05) is 48.2 Å². The van der Waals surface area contributed by atoms with E-state index in [1.54, 1.807) is 21.8 Å². The molecule has 4 saturated heterocycles. The van der Waals surface area contributed by atoms with E-state index in [4.69, 9.17) is 14.5 Å². The Morgan fingerprint density at radius 3 is 2.39 bits per heavy atom. The Bertz CT molecular complexity index is 3010. The topological polar surface area (TPSA) is 201 Å². The van der Waals surface area contributed by atoms with Crippen LogP contribution in [0.4, 0.5) is 20.3 Å². The van der Waals surface area contributed by atoms with E-state index in [1.165, 1.54) is 6.20 Å². The van der Waals surface area contributed by atoms with Crippen LogP contribution in [0.1, 0.15) is 70.9 Å². The molecule has 0 saturated carbocycles. The summed E-state index contributed by atoms with van der Waals surface area (Å²) in [6.07, 6.45) is 6.87. The second-order valence-corrected chi connectivity index (χ2v) is 19.8. The number of ether oxygens (including phenoxy) is 2. The molecule has 5 aliphatic rings. The molecule has 0 radical (unpaired) electrons. The highest BCUT2D eigenvalue weighted by Crippen LogP contribution is 2.34. The van der Waals surface area contributed by atoms with Gasteiger partial charge in [0.15, 0.2) is 0 Å². The maximum Gasteiger partial charge on any atom is 0.255 e. The third-order valence-electron chi connectivity index (χ3n) is 15.2. The van der Waals surface area contributed by atoms with Gasteiger partial charge in [0.05, 0.1) is 54.4 Å². The first kappa shape index (κ1) is 51.0. The number of carbonyl (C=O) groups is 5. The SMILES string of the molecule is CCOc1cc(-c2ccc(N3CCC(COCCN4CCN(C(=O)CCN5CCN(c6ccc7c(c6)CN(C6CCC(=O)NC6=O)C7=O)CC5)CC4)(NC(=O)c4cc(F)ccc4F)CC3)nc2)c2c(C#N)cnn2c1. The molecule has 5 aromatic rings. The average molecular weight is 1030 g/mol. The van der Waals surface area contributed by atoms with Crippen molar-refractivity contribution in [2.24, 2.45) is 0 Å². The molecule has 0 aliphatic carbocycles. The van der Waals surface area contributed by atoms with Crippen LogP contribution in [-0.4, -0.2) is 174 Å². The number of aromatic nitrogens is 3. The predicted octanol–water partition coefficient (Wildman–Crippen LogP) is 3.85. The number of anilines is 2. The summed E-state index contributed by atoms with van der Waals surface area (Å²) in [6.45, 7) is 11.2. The summed E-state index contributed by atoms with van der Waals surface area (Å²) in [5.41, 5.74) is 3.84. The zero-order valence-corrected chi connectivity index (χ0v) is 41.9. The monoisotopic (exact) mass is 1030 g/mol. The van der Waals surface area contributed by atoms with Gasteiger partial charge in [-0.25, -0.2) is 18.3 Å². The lowest BCUT2D eigenvalue weighted by molar-refractivity contribution is -0.137. The maximum absolute atomic E-state index is 14.8. The van der Waals surface area contributed by atoms with Gasteiger partial charge in [-0.05, 0) is 86.3 Å². The Labute approximate surface area is 432 Å². The number of fused-ring (bicyclic) bond motifs is 2. The van der Waals surface area contributed by atoms with Gasteiger partial charge in [-0.1, -0.05) is 0 Å². The number of nitrogens with zero attached hydrogens (tertiary/aromatic N) is 10. The summed E-state index contributed by atoms with van der Waals surface area (Å²) >= 11 is 0. The normalized spacial score (nSPS) is 19.3. The lowest BCUT2D eigenvalue weighted by Gasteiger charge is -2.43. The number of nitriles is 1. The van der Waals surface area contributed by atoms with Gasteiger partial charge >= 0.3 is 0 Å².